The van der Waals surface area contributed by atoms with Crippen molar-refractivity contribution in [2.45, 2.75) is 45.8 Å². The number of carbonyl (C=O) groups is 2. The van der Waals surface area contributed by atoms with Crippen LogP contribution in [0, 0.1) is 5.82 Å². The molecule has 0 aliphatic heterocycles. The lowest BCUT2D eigenvalue weighted by Gasteiger charge is -2.33. The molecular weight excluding hydrogens is 504 g/mol. The van der Waals surface area contributed by atoms with E-state index < -0.39 is 40.2 Å². The average molecular weight is 532 g/mol. The van der Waals surface area contributed by atoms with Gasteiger partial charge in [0.25, 0.3) is 0 Å². The van der Waals surface area contributed by atoms with Gasteiger partial charge in [0.2, 0.25) is 21.8 Å². The average Bonchev–Trinajstić information content (AvgIpc) is 2.73. The van der Waals surface area contributed by atoms with Gasteiger partial charge in [0.05, 0.1) is 11.9 Å². The minimum Gasteiger partial charge on any atom is -0.352 e. The van der Waals surface area contributed by atoms with Crippen molar-refractivity contribution in [2.24, 2.45) is 0 Å². The standard InChI is InChI=1S/C23H28Cl2FN3O4S/c1-5-20(23(31)27-15(2)3)28(13-16-17(24)9-8-10-18(16)25)22(30)14-29(34(4,32)33)21-12-7-6-11-19(21)26/h6-12,15,20H,5,13-14H2,1-4H3,(H,27,31). The Morgan fingerprint density at radius 3 is 2.15 bits per heavy atom. The molecule has 2 aromatic carbocycles. The molecular formula is C23H28Cl2FN3O4S. The van der Waals surface area contributed by atoms with Crippen LogP contribution in [-0.4, -0.2) is 50.0 Å². The van der Waals surface area contributed by atoms with Crippen LogP contribution in [0.3, 0.4) is 0 Å². The van der Waals surface area contributed by atoms with Gasteiger partial charge < -0.3 is 10.2 Å². The van der Waals surface area contributed by atoms with E-state index in [1.54, 1.807) is 39.0 Å². The third-order valence-corrected chi connectivity index (χ3v) is 6.84. The van der Waals surface area contributed by atoms with Crippen molar-refractivity contribution in [3.8, 4) is 0 Å². The lowest BCUT2D eigenvalue weighted by atomic mass is 10.1. The number of anilines is 1. The topological polar surface area (TPSA) is 86.8 Å². The quantitative estimate of drug-likeness (QED) is 0.496. The van der Waals surface area contributed by atoms with Crippen molar-refractivity contribution in [3.05, 3.63) is 63.9 Å². The maximum absolute atomic E-state index is 14.4. The van der Waals surface area contributed by atoms with Crippen molar-refractivity contribution in [3.63, 3.8) is 0 Å². The first-order chi connectivity index (χ1) is 15.9. The van der Waals surface area contributed by atoms with E-state index in [-0.39, 0.29) is 24.7 Å². The first kappa shape index (κ1) is 27.9. The van der Waals surface area contributed by atoms with E-state index in [9.17, 15) is 22.4 Å². The van der Waals surface area contributed by atoms with Crippen LogP contribution < -0.4 is 9.62 Å². The Bertz CT molecular complexity index is 1120. The lowest BCUT2D eigenvalue weighted by molar-refractivity contribution is -0.140. The van der Waals surface area contributed by atoms with Gasteiger partial charge in [-0.1, -0.05) is 48.3 Å². The smallest absolute Gasteiger partial charge is 0.244 e. The van der Waals surface area contributed by atoms with Gasteiger partial charge in [-0.2, -0.15) is 0 Å². The number of benzene rings is 2. The third-order valence-electron chi connectivity index (χ3n) is 5.01. The molecule has 0 saturated heterocycles. The van der Waals surface area contributed by atoms with Crippen LogP contribution in [0.4, 0.5) is 10.1 Å². The van der Waals surface area contributed by atoms with Crippen LogP contribution in [0.2, 0.25) is 10.0 Å². The second-order valence-electron chi connectivity index (χ2n) is 8.03. The minimum atomic E-state index is -4.04. The molecule has 2 aromatic rings. The third kappa shape index (κ3) is 7.07. The van der Waals surface area contributed by atoms with Crippen LogP contribution in [-0.2, 0) is 26.2 Å². The molecule has 0 spiro atoms. The Hall–Kier alpha value is -2.36. The highest BCUT2D eigenvalue weighted by Crippen LogP contribution is 2.28. The van der Waals surface area contributed by atoms with Crippen LogP contribution in [0.15, 0.2) is 42.5 Å². The highest BCUT2D eigenvalue weighted by atomic mass is 35.5. The van der Waals surface area contributed by atoms with Crippen LogP contribution in [0.1, 0.15) is 32.8 Å². The predicted octanol–water partition coefficient (Wildman–Crippen LogP) is 4.23. The monoisotopic (exact) mass is 531 g/mol. The summed E-state index contributed by atoms with van der Waals surface area (Å²) in [5, 5.41) is 3.36. The molecule has 0 bridgehead atoms. The molecule has 11 heteroatoms. The molecule has 0 aliphatic carbocycles. The van der Waals surface area contributed by atoms with Gasteiger partial charge in [0.15, 0.2) is 0 Å². The molecule has 0 radical (unpaired) electrons. The Morgan fingerprint density at radius 1 is 1.06 bits per heavy atom. The second-order valence-corrected chi connectivity index (χ2v) is 10.8. The number of carbonyl (C=O) groups excluding carboxylic acids is 2. The number of nitrogens with zero attached hydrogens (tertiary/aromatic N) is 2. The van der Waals surface area contributed by atoms with Gasteiger partial charge in [-0.3, -0.25) is 13.9 Å². The minimum absolute atomic E-state index is 0.143. The highest BCUT2D eigenvalue weighted by molar-refractivity contribution is 7.92. The number of rotatable bonds is 10. The number of para-hydroxylation sites is 1. The second kappa shape index (κ2) is 11.9. The van der Waals surface area contributed by atoms with Crippen molar-refractivity contribution in [1.82, 2.24) is 10.2 Å². The molecule has 0 fully saturated rings. The molecule has 0 aromatic heterocycles. The number of sulfonamides is 1. The normalized spacial score (nSPS) is 12.4. The maximum atomic E-state index is 14.4. The summed E-state index contributed by atoms with van der Waals surface area (Å²) in [4.78, 5) is 27.7. The predicted molar refractivity (Wildman–Crippen MR) is 133 cm³/mol. The fourth-order valence-electron chi connectivity index (χ4n) is 3.40. The summed E-state index contributed by atoms with van der Waals surface area (Å²) in [7, 11) is -4.04. The van der Waals surface area contributed by atoms with Crippen LogP contribution in [0.25, 0.3) is 0 Å². The van der Waals surface area contributed by atoms with Gasteiger partial charge in [-0.05, 0) is 44.5 Å². The van der Waals surface area contributed by atoms with E-state index in [1.165, 1.54) is 23.1 Å². The highest BCUT2D eigenvalue weighted by Gasteiger charge is 2.33. The number of halogens is 3. The molecule has 186 valence electrons. The fraction of sp³-hybridized carbons (Fsp3) is 0.391. The lowest BCUT2D eigenvalue weighted by Crippen LogP contribution is -2.53. The first-order valence-electron chi connectivity index (χ1n) is 10.6. The molecule has 1 N–H and O–H groups in total. The molecule has 0 heterocycles. The molecule has 2 amide bonds. The largest absolute Gasteiger partial charge is 0.352 e. The SMILES string of the molecule is CCC(C(=O)NC(C)C)N(Cc1c(Cl)cccc1Cl)C(=O)CN(c1ccccc1F)S(C)(=O)=O. The number of amides is 2. The first-order valence-corrected chi connectivity index (χ1v) is 13.2. The van der Waals surface area contributed by atoms with E-state index in [4.69, 9.17) is 23.2 Å². The molecule has 0 aliphatic rings. The van der Waals surface area contributed by atoms with Crippen molar-refractivity contribution in [1.29, 1.82) is 0 Å². The number of nitrogens with one attached hydrogen (secondary N) is 1. The van der Waals surface area contributed by atoms with Gasteiger partial charge in [0.1, 0.15) is 18.4 Å². The molecule has 0 saturated carbocycles. The van der Waals surface area contributed by atoms with Gasteiger partial charge in [-0.25, -0.2) is 12.8 Å². The summed E-state index contributed by atoms with van der Waals surface area (Å²) < 4.78 is 40.1. The van der Waals surface area contributed by atoms with Gasteiger partial charge >= 0.3 is 0 Å². The summed E-state index contributed by atoms with van der Waals surface area (Å²) in [6.45, 7) is 4.43. The summed E-state index contributed by atoms with van der Waals surface area (Å²) >= 11 is 12.6. The van der Waals surface area contributed by atoms with E-state index in [0.29, 0.717) is 19.9 Å². The maximum Gasteiger partial charge on any atom is 0.244 e. The Labute approximate surface area is 209 Å². The van der Waals surface area contributed by atoms with E-state index in [0.717, 1.165) is 12.3 Å². The zero-order chi connectivity index (χ0) is 25.6. The molecule has 7 nitrogen and oxygen atoms in total. The van der Waals surface area contributed by atoms with E-state index >= 15 is 0 Å². The van der Waals surface area contributed by atoms with E-state index in [1.807, 2.05) is 0 Å². The molecule has 1 unspecified atom stereocenters. The summed E-state index contributed by atoms with van der Waals surface area (Å²) in [5.41, 5.74) is 0.139. The van der Waals surface area contributed by atoms with Crippen molar-refractivity contribution < 1.29 is 22.4 Å². The van der Waals surface area contributed by atoms with Crippen LogP contribution >= 0.6 is 23.2 Å². The van der Waals surface area contributed by atoms with Crippen molar-refractivity contribution >= 4 is 50.7 Å². The zero-order valence-electron chi connectivity index (χ0n) is 19.4. The number of hydrogen-bond acceptors (Lipinski definition) is 4. The Balaban J connectivity index is 2.52. The molecule has 2 rings (SSSR count). The summed E-state index contributed by atoms with van der Waals surface area (Å²) in [6, 6.07) is 8.96. The van der Waals surface area contributed by atoms with Gasteiger partial charge in [-0.15, -0.1) is 0 Å². The fourth-order valence-corrected chi connectivity index (χ4v) is 4.77. The summed E-state index contributed by atoms with van der Waals surface area (Å²) in [5.74, 6) is -1.92. The molecule has 34 heavy (non-hydrogen) atoms. The molecule has 1 atom stereocenters. The van der Waals surface area contributed by atoms with E-state index in [2.05, 4.69) is 5.32 Å². The van der Waals surface area contributed by atoms with Crippen molar-refractivity contribution in [2.75, 3.05) is 17.1 Å². The van der Waals surface area contributed by atoms with Gasteiger partial charge in [0, 0.05) is 28.2 Å². The number of hydrogen-bond donors (Lipinski definition) is 1. The van der Waals surface area contributed by atoms with Crippen LogP contribution in [0.5, 0.6) is 0 Å². The zero-order valence-corrected chi connectivity index (χ0v) is 21.7. The Morgan fingerprint density at radius 2 is 1.65 bits per heavy atom. The Kier molecular flexibility index (Phi) is 9.73. The summed E-state index contributed by atoms with van der Waals surface area (Å²) in [6.07, 6.45) is 1.12.